The maximum absolute atomic E-state index is 12.1. The van der Waals surface area contributed by atoms with Crippen LogP contribution in [0.25, 0.3) is 0 Å². The summed E-state index contributed by atoms with van der Waals surface area (Å²) in [5, 5.41) is 36.9. The summed E-state index contributed by atoms with van der Waals surface area (Å²) in [5.74, 6) is -0.893. The van der Waals surface area contributed by atoms with Crippen LogP contribution in [0.15, 0.2) is 0 Å². The Morgan fingerprint density at radius 1 is 0.857 bits per heavy atom. The summed E-state index contributed by atoms with van der Waals surface area (Å²) in [4.78, 5) is 22.2. The fraction of sp³-hybridized carbons (Fsp3) is 0.867. The van der Waals surface area contributed by atoms with Crippen LogP contribution in [0.3, 0.4) is 0 Å². The van der Waals surface area contributed by atoms with E-state index in [2.05, 4.69) is 10.1 Å². The molecule has 0 spiro atoms. The number of ether oxygens (including phenoxy) is 1. The third-order valence-electron chi connectivity index (χ3n) is 3.71. The van der Waals surface area contributed by atoms with E-state index in [1.807, 2.05) is 0 Å². The average Bonchev–Trinajstić information content (AvgIpc) is 2.66. The normalized spacial score (nSPS) is 11.4. The summed E-state index contributed by atoms with van der Waals surface area (Å²) in [7, 11) is -3.97. The number of methoxy groups -OCH3 is 1. The number of carbonyl (C=O) groups excluding carboxylic acids is 2. The van der Waals surface area contributed by atoms with Gasteiger partial charge in [0.25, 0.3) is 0 Å². The van der Waals surface area contributed by atoms with Crippen LogP contribution in [0.5, 0.6) is 0 Å². The van der Waals surface area contributed by atoms with Crippen molar-refractivity contribution in [3.8, 4) is 0 Å². The van der Waals surface area contributed by atoms with E-state index in [9.17, 15) is 18.7 Å². The molecule has 0 aromatic heterocycles. The number of amides is 1. The van der Waals surface area contributed by atoms with Crippen molar-refractivity contribution < 1.29 is 43.9 Å². The van der Waals surface area contributed by atoms with Crippen LogP contribution in [0.4, 0.5) is 0 Å². The highest BCUT2D eigenvalue weighted by Gasteiger charge is 2.22. The molecule has 0 aromatic rings. The van der Waals surface area contributed by atoms with Crippen molar-refractivity contribution in [2.45, 2.75) is 12.8 Å². The molecule has 0 unspecified atom stereocenters. The molecule has 0 heterocycles. The molecule has 28 heavy (non-hydrogen) atoms. The van der Waals surface area contributed by atoms with E-state index in [1.165, 1.54) is 7.11 Å². The molecule has 0 radical (unpaired) electrons. The molecule has 0 bridgehead atoms. The first-order valence-electron chi connectivity index (χ1n) is 8.77. The van der Waals surface area contributed by atoms with Crippen molar-refractivity contribution in [1.82, 2.24) is 5.32 Å². The standard InChI is InChI=1S/C10H20NO6P.C5H14NO3P/c1-17-10(15)3-2-9(14)11-8-18(16,6-4-12)7-5-13;6-5-10(9,3-1-7)4-2-8/h12-13H,2-8H2,1H3,(H,11,14);7-8H,1-6H2. The molecule has 7 N–H and O–H groups in total. The van der Waals surface area contributed by atoms with E-state index >= 15 is 0 Å². The minimum Gasteiger partial charge on any atom is -0.469 e. The summed E-state index contributed by atoms with van der Waals surface area (Å²) in [6, 6.07) is 0. The zero-order valence-corrected chi connectivity index (χ0v) is 18.1. The van der Waals surface area contributed by atoms with Gasteiger partial charge in [-0.15, -0.1) is 0 Å². The molecule has 0 saturated heterocycles. The quantitative estimate of drug-likeness (QED) is 0.136. The lowest BCUT2D eigenvalue weighted by Gasteiger charge is -2.16. The summed E-state index contributed by atoms with van der Waals surface area (Å²) in [6.45, 7) is -0.742. The lowest BCUT2D eigenvalue weighted by atomic mass is 10.3. The van der Waals surface area contributed by atoms with E-state index in [4.69, 9.17) is 26.2 Å². The Morgan fingerprint density at radius 3 is 1.64 bits per heavy atom. The Balaban J connectivity index is 0. The zero-order chi connectivity index (χ0) is 22.1. The van der Waals surface area contributed by atoms with Crippen molar-refractivity contribution in [3.05, 3.63) is 0 Å². The Bertz CT molecular complexity index is 512. The predicted octanol–water partition coefficient (Wildman–Crippen LogP) is -1.39. The van der Waals surface area contributed by atoms with Gasteiger partial charge >= 0.3 is 5.97 Å². The highest BCUT2D eigenvalue weighted by atomic mass is 31.2. The second-order valence-electron chi connectivity index (χ2n) is 5.92. The van der Waals surface area contributed by atoms with E-state index in [-0.39, 0.29) is 76.5 Å². The summed E-state index contributed by atoms with van der Waals surface area (Å²) < 4.78 is 27.8. The first kappa shape index (κ1) is 29.4. The monoisotopic (exact) mass is 448 g/mol. The minimum atomic E-state index is -2.78. The predicted molar refractivity (Wildman–Crippen MR) is 106 cm³/mol. The number of hydrogen-bond acceptors (Lipinski definition) is 10. The van der Waals surface area contributed by atoms with E-state index in [0.29, 0.717) is 0 Å². The van der Waals surface area contributed by atoms with Crippen LogP contribution in [-0.2, 0) is 23.5 Å². The molecule has 168 valence electrons. The number of aliphatic hydroxyl groups excluding tert-OH is 4. The van der Waals surface area contributed by atoms with Gasteiger partial charge in [-0.1, -0.05) is 0 Å². The molecule has 0 aliphatic heterocycles. The maximum atomic E-state index is 12.1. The van der Waals surface area contributed by atoms with Crippen molar-refractivity contribution in [3.63, 3.8) is 0 Å². The highest BCUT2D eigenvalue weighted by molar-refractivity contribution is 7.64. The van der Waals surface area contributed by atoms with Gasteiger partial charge in [0.1, 0.15) is 14.3 Å². The topological polar surface area (TPSA) is 196 Å². The largest absolute Gasteiger partial charge is 0.469 e. The number of esters is 1. The van der Waals surface area contributed by atoms with Crippen LogP contribution in [0.2, 0.25) is 0 Å². The second-order valence-corrected chi connectivity index (χ2v) is 12.6. The van der Waals surface area contributed by atoms with Gasteiger partial charge < -0.3 is 45.3 Å². The molecule has 0 aromatic carbocycles. The van der Waals surface area contributed by atoms with Crippen LogP contribution in [0.1, 0.15) is 12.8 Å². The molecular weight excluding hydrogens is 414 g/mol. The van der Waals surface area contributed by atoms with Crippen LogP contribution < -0.4 is 11.1 Å². The Morgan fingerprint density at radius 2 is 1.29 bits per heavy atom. The lowest BCUT2D eigenvalue weighted by molar-refractivity contribution is -0.142. The number of aliphatic hydroxyl groups is 4. The van der Waals surface area contributed by atoms with Crippen molar-refractivity contribution in [2.24, 2.45) is 5.73 Å². The first-order chi connectivity index (χ1) is 13.2. The molecule has 0 aliphatic rings. The van der Waals surface area contributed by atoms with Crippen LogP contribution >= 0.6 is 14.3 Å². The van der Waals surface area contributed by atoms with E-state index < -0.39 is 26.2 Å². The van der Waals surface area contributed by atoms with Gasteiger partial charge in [-0.3, -0.25) is 9.59 Å². The molecule has 0 rings (SSSR count). The SMILES string of the molecule is COC(=O)CCC(=O)NCP(=O)(CCO)CCO.NCP(=O)(CCO)CCO. The van der Waals surface area contributed by atoms with Crippen LogP contribution in [0, 0.1) is 0 Å². The van der Waals surface area contributed by atoms with Crippen molar-refractivity contribution in [2.75, 3.05) is 70.8 Å². The third kappa shape index (κ3) is 15.2. The number of nitrogens with one attached hydrogen (secondary N) is 1. The van der Waals surface area contributed by atoms with E-state index in [0.717, 1.165) is 0 Å². The maximum Gasteiger partial charge on any atom is 0.306 e. The zero-order valence-electron chi connectivity index (χ0n) is 16.3. The molecule has 0 fully saturated rings. The number of rotatable bonds is 14. The van der Waals surface area contributed by atoms with Gasteiger partial charge in [0.15, 0.2) is 0 Å². The van der Waals surface area contributed by atoms with E-state index in [1.54, 1.807) is 0 Å². The fourth-order valence-corrected chi connectivity index (χ4v) is 4.98. The summed E-state index contributed by atoms with van der Waals surface area (Å²) in [5.41, 5.74) is 5.19. The molecule has 1 amide bonds. The fourth-order valence-electron chi connectivity index (χ4n) is 1.93. The Kier molecular flexibility index (Phi) is 17.9. The summed E-state index contributed by atoms with van der Waals surface area (Å²) in [6.07, 6.45) is 0.504. The Hall–Kier alpha value is -0.800. The van der Waals surface area contributed by atoms with Gasteiger partial charge in [0, 0.05) is 63.8 Å². The lowest BCUT2D eigenvalue weighted by Crippen LogP contribution is -2.27. The van der Waals surface area contributed by atoms with Gasteiger partial charge in [0.05, 0.1) is 19.8 Å². The highest BCUT2D eigenvalue weighted by Crippen LogP contribution is 2.43. The van der Waals surface area contributed by atoms with Gasteiger partial charge in [-0.25, -0.2) is 0 Å². The summed E-state index contributed by atoms with van der Waals surface area (Å²) >= 11 is 0. The average molecular weight is 448 g/mol. The number of carbonyl (C=O) groups is 2. The van der Waals surface area contributed by atoms with Gasteiger partial charge in [0.2, 0.25) is 5.91 Å². The van der Waals surface area contributed by atoms with Crippen molar-refractivity contribution >= 4 is 26.2 Å². The molecule has 0 atom stereocenters. The smallest absolute Gasteiger partial charge is 0.306 e. The molecule has 13 heteroatoms. The number of hydrogen-bond donors (Lipinski definition) is 6. The molecule has 0 aliphatic carbocycles. The second kappa shape index (κ2) is 17.1. The van der Waals surface area contributed by atoms with Gasteiger partial charge in [-0.2, -0.15) is 0 Å². The molecule has 0 saturated carbocycles. The Labute approximate surface area is 165 Å². The van der Waals surface area contributed by atoms with Gasteiger partial charge in [-0.05, 0) is 0 Å². The van der Waals surface area contributed by atoms with Crippen molar-refractivity contribution in [1.29, 1.82) is 0 Å². The minimum absolute atomic E-state index is 0.0351. The first-order valence-corrected chi connectivity index (χ1v) is 13.3. The molecule has 11 nitrogen and oxygen atoms in total. The number of nitrogens with two attached hydrogens (primary N) is 1. The third-order valence-corrected chi connectivity index (χ3v) is 9.17. The molecular formula is C15H34N2O9P2. The van der Waals surface area contributed by atoms with Crippen LogP contribution in [-0.4, -0.2) is 103 Å².